The second-order valence-corrected chi connectivity index (χ2v) is 6.69. The van der Waals surface area contributed by atoms with Gasteiger partial charge in [0.15, 0.2) is 0 Å². The van der Waals surface area contributed by atoms with E-state index < -0.39 is 18.0 Å². The smallest absolute Gasteiger partial charge is 0.412 e. The van der Waals surface area contributed by atoms with Gasteiger partial charge in [0.05, 0.1) is 11.4 Å². The molecule has 1 heterocycles. The predicted octanol–water partition coefficient (Wildman–Crippen LogP) is 4.50. The molecule has 0 saturated carbocycles. The summed E-state index contributed by atoms with van der Waals surface area (Å²) >= 11 is 3.39. The van der Waals surface area contributed by atoms with Crippen molar-refractivity contribution >= 4 is 45.9 Å². The molecule has 1 atom stereocenters. The van der Waals surface area contributed by atoms with Crippen LogP contribution in [0.2, 0.25) is 0 Å². The summed E-state index contributed by atoms with van der Waals surface area (Å²) in [5, 5.41) is 2.64. The molecule has 0 fully saturated rings. The second-order valence-electron chi connectivity index (χ2n) is 4.11. The number of nitrogens with zero attached hydrogens (tertiary/aromatic N) is 1. The lowest BCUT2D eigenvalue weighted by atomic mass is 10.1. The van der Waals surface area contributed by atoms with Crippen LogP contribution < -0.4 is 5.32 Å². The van der Waals surface area contributed by atoms with Gasteiger partial charge in [0, 0.05) is 5.56 Å². The second kappa shape index (κ2) is 6.49. The maximum Gasteiger partial charge on any atom is 0.412 e. The van der Waals surface area contributed by atoms with E-state index in [9.17, 15) is 9.18 Å². The molecule has 7 heteroatoms. The van der Waals surface area contributed by atoms with Crippen molar-refractivity contribution in [2.24, 2.45) is 0 Å². The molecule has 0 spiro atoms. The molecule has 106 valence electrons. The fraction of sp³-hybridized carbons (Fsp3) is 0.231. The SMILES string of the molecule is Cc1nsc(I)c1NC(=O)O[C@H](C)c1ccccc1F. The van der Waals surface area contributed by atoms with Crippen LogP contribution in [0.4, 0.5) is 14.9 Å². The molecule has 1 amide bonds. The van der Waals surface area contributed by atoms with E-state index in [0.717, 1.165) is 8.58 Å². The van der Waals surface area contributed by atoms with Gasteiger partial charge in [-0.3, -0.25) is 5.32 Å². The molecular weight excluding hydrogens is 394 g/mol. The van der Waals surface area contributed by atoms with Crippen LogP contribution >= 0.6 is 34.1 Å². The van der Waals surface area contributed by atoms with Gasteiger partial charge in [-0.1, -0.05) is 18.2 Å². The number of amides is 1. The minimum atomic E-state index is -0.666. The average molecular weight is 406 g/mol. The van der Waals surface area contributed by atoms with Crippen LogP contribution in [0.15, 0.2) is 24.3 Å². The van der Waals surface area contributed by atoms with E-state index in [0.29, 0.717) is 11.3 Å². The highest BCUT2D eigenvalue weighted by Gasteiger charge is 2.17. The molecule has 0 unspecified atom stereocenters. The number of aromatic nitrogens is 1. The van der Waals surface area contributed by atoms with Gasteiger partial charge in [-0.2, -0.15) is 4.37 Å². The Morgan fingerprint density at radius 2 is 2.20 bits per heavy atom. The van der Waals surface area contributed by atoms with Gasteiger partial charge in [-0.05, 0) is 54.0 Å². The van der Waals surface area contributed by atoms with Crippen molar-refractivity contribution in [2.45, 2.75) is 20.0 Å². The molecule has 0 radical (unpaired) electrons. The van der Waals surface area contributed by atoms with Crippen LogP contribution in [0.3, 0.4) is 0 Å². The number of ether oxygens (including phenoxy) is 1. The Hall–Kier alpha value is -1.22. The number of hydrogen-bond acceptors (Lipinski definition) is 4. The van der Waals surface area contributed by atoms with Crippen LogP contribution in [-0.2, 0) is 4.74 Å². The summed E-state index contributed by atoms with van der Waals surface area (Å²) in [7, 11) is 0. The maximum atomic E-state index is 13.6. The van der Waals surface area contributed by atoms with Gasteiger partial charge < -0.3 is 4.74 Å². The number of anilines is 1. The van der Waals surface area contributed by atoms with E-state index in [1.165, 1.54) is 17.6 Å². The quantitative estimate of drug-likeness (QED) is 0.764. The van der Waals surface area contributed by atoms with E-state index in [-0.39, 0.29) is 0 Å². The van der Waals surface area contributed by atoms with Crippen molar-refractivity contribution in [2.75, 3.05) is 5.32 Å². The van der Waals surface area contributed by atoms with Gasteiger partial charge in [0.1, 0.15) is 14.8 Å². The Balaban J connectivity index is 2.04. The fourth-order valence-corrected chi connectivity index (χ4v) is 3.06. The Labute approximate surface area is 133 Å². The third-order valence-electron chi connectivity index (χ3n) is 2.68. The lowest BCUT2D eigenvalue weighted by Gasteiger charge is -2.14. The normalized spacial score (nSPS) is 12.0. The molecule has 0 aliphatic rings. The molecule has 1 N–H and O–H groups in total. The average Bonchev–Trinajstić information content (AvgIpc) is 2.71. The van der Waals surface area contributed by atoms with E-state index in [1.54, 1.807) is 32.0 Å². The predicted molar refractivity (Wildman–Crippen MR) is 84.5 cm³/mol. The van der Waals surface area contributed by atoms with Gasteiger partial charge in [-0.25, -0.2) is 9.18 Å². The molecule has 1 aromatic heterocycles. The molecule has 2 rings (SSSR count). The van der Waals surface area contributed by atoms with Crippen molar-refractivity contribution in [3.05, 3.63) is 44.2 Å². The van der Waals surface area contributed by atoms with Crippen LogP contribution in [0.25, 0.3) is 0 Å². The molecule has 4 nitrogen and oxygen atoms in total. The Morgan fingerprint density at radius 1 is 1.50 bits per heavy atom. The summed E-state index contributed by atoms with van der Waals surface area (Å²) in [4.78, 5) is 11.8. The number of carbonyl (C=O) groups excluding carboxylic acids is 1. The number of benzene rings is 1. The van der Waals surface area contributed by atoms with Gasteiger partial charge in [0.2, 0.25) is 0 Å². The molecule has 2 aromatic rings. The first-order valence-electron chi connectivity index (χ1n) is 5.83. The summed E-state index contributed by atoms with van der Waals surface area (Å²) in [6, 6.07) is 6.22. The van der Waals surface area contributed by atoms with Crippen molar-refractivity contribution in [3.63, 3.8) is 0 Å². The largest absolute Gasteiger partial charge is 0.441 e. The molecular formula is C13H12FIN2O2S. The Kier molecular flexibility index (Phi) is 4.92. The van der Waals surface area contributed by atoms with Crippen LogP contribution in [0.1, 0.15) is 24.3 Å². The molecule has 0 bridgehead atoms. The zero-order valence-corrected chi connectivity index (χ0v) is 13.8. The van der Waals surface area contributed by atoms with Crippen molar-refractivity contribution in [1.82, 2.24) is 4.37 Å². The van der Waals surface area contributed by atoms with Crippen molar-refractivity contribution < 1.29 is 13.9 Å². The highest BCUT2D eigenvalue weighted by Crippen LogP contribution is 2.27. The van der Waals surface area contributed by atoms with Gasteiger partial charge in [0.25, 0.3) is 0 Å². The van der Waals surface area contributed by atoms with Crippen molar-refractivity contribution in [1.29, 1.82) is 0 Å². The number of nitrogens with one attached hydrogen (secondary N) is 1. The zero-order chi connectivity index (χ0) is 14.7. The summed E-state index contributed by atoms with van der Waals surface area (Å²) in [5.41, 5.74) is 1.72. The topological polar surface area (TPSA) is 51.2 Å². The number of carbonyl (C=O) groups is 1. The minimum absolute atomic E-state index is 0.345. The first-order chi connectivity index (χ1) is 9.49. The van der Waals surface area contributed by atoms with Crippen LogP contribution in [0, 0.1) is 15.6 Å². The monoisotopic (exact) mass is 406 g/mol. The van der Waals surface area contributed by atoms with E-state index in [4.69, 9.17) is 4.74 Å². The van der Waals surface area contributed by atoms with Gasteiger partial charge >= 0.3 is 6.09 Å². The maximum absolute atomic E-state index is 13.6. The first-order valence-corrected chi connectivity index (χ1v) is 7.68. The van der Waals surface area contributed by atoms with Crippen LogP contribution in [-0.4, -0.2) is 10.5 Å². The Bertz CT molecular complexity index is 613. The van der Waals surface area contributed by atoms with Gasteiger partial charge in [-0.15, -0.1) is 0 Å². The van der Waals surface area contributed by atoms with E-state index in [2.05, 4.69) is 32.3 Å². The third-order valence-corrected chi connectivity index (χ3v) is 4.53. The lowest BCUT2D eigenvalue weighted by Crippen LogP contribution is -2.17. The van der Waals surface area contributed by atoms with Crippen molar-refractivity contribution in [3.8, 4) is 0 Å². The van der Waals surface area contributed by atoms with E-state index in [1.807, 2.05) is 0 Å². The molecule has 0 aliphatic heterocycles. The number of hydrogen-bond donors (Lipinski definition) is 1. The van der Waals surface area contributed by atoms with Crippen LogP contribution in [0.5, 0.6) is 0 Å². The zero-order valence-electron chi connectivity index (χ0n) is 10.8. The summed E-state index contributed by atoms with van der Waals surface area (Å²) in [6.45, 7) is 3.43. The molecule has 20 heavy (non-hydrogen) atoms. The standard InChI is InChI=1S/C13H12FIN2O2S/c1-7-11(12(15)20-17-7)16-13(18)19-8(2)9-5-3-4-6-10(9)14/h3-6,8H,1-2H3,(H,16,18)/t8-/m1/s1. The number of rotatable bonds is 3. The summed E-state index contributed by atoms with van der Waals surface area (Å²) in [5.74, 6) is -0.393. The number of halogens is 2. The van der Waals surface area contributed by atoms with E-state index >= 15 is 0 Å². The summed E-state index contributed by atoms with van der Waals surface area (Å²) in [6.07, 6.45) is -1.29. The third kappa shape index (κ3) is 3.45. The molecule has 0 saturated heterocycles. The molecule has 0 aliphatic carbocycles. The Morgan fingerprint density at radius 3 is 2.80 bits per heavy atom. The lowest BCUT2D eigenvalue weighted by molar-refractivity contribution is 0.119. The molecule has 1 aromatic carbocycles. The highest BCUT2D eigenvalue weighted by atomic mass is 127. The number of aryl methyl sites for hydroxylation is 1. The summed E-state index contributed by atoms with van der Waals surface area (Å²) < 4.78 is 23.8. The fourth-order valence-electron chi connectivity index (χ4n) is 1.64. The first kappa shape index (κ1) is 15.2. The minimum Gasteiger partial charge on any atom is -0.441 e. The highest BCUT2D eigenvalue weighted by molar-refractivity contribution is 14.1.